The van der Waals surface area contributed by atoms with E-state index >= 15 is 0 Å². The van der Waals surface area contributed by atoms with Gasteiger partial charge in [0, 0.05) is 18.8 Å². The van der Waals surface area contributed by atoms with Gasteiger partial charge in [0.2, 0.25) is 0 Å². The average Bonchev–Trinajstić information content (AvgIpc) is 2.52. The van der Waals surface area contributed by atoms with Crippen molar-refractivity contribution in [1.82, 2.24) is 4.98 Å². The summed E-state index contributed by atoms with van der Waals surface area (Å²) in [6.07, 6.45) is 3.69. The van der Waals surface area contributed by atoms with Crippen LogP contribution < -0.4 is 4.90 Å². The molecular formula is C10H12ClFN2. The molecule has 0 N–H and O–H groups in total. The Morgan fingerprint density at radius 1 is 1.64 bits per heavy atom. The Bertz CT molecular complexity index is 343. The summed E-state index contributed by atoms with van der Waals surface area (Å²) < 4.78 is 13.5. The minimum Gasteiger partial charge on any atom is -0.351 e. The van der Waals surface area contributed by atoms with Gasteiger partial charge in [0.25, 0.3) is 0 Å². The first-order valence-corrected chi connectivity index (χ1v) is 5.14. The molecule has 1 aliphatic rings. The maximum absolute atomic E-state index is 13.5. The molecule has 1 unspecified atom stereocenters. The molecule has 76 valence electrons. The number of halogens is 2. The van der Waals surface area contributed by atoms with Crippen LogP contribution in [-0.2, 0) is 0 Å². The van der Waals surface area contributed by atoms with Crippen molar-refractivity contribution in [3.63, 3.8) is 0 Å². The summed E-state index contributed by atoms with van der Waals surface area (Å²) in [4.78, 5) is 6.02. The predicted molar refractivity (Wildman–Crippen MR) is 55.2 cm³/mol. The highest BCUT2D eigenvalue weighted by molar-refractivity contribution is 6.30. The van der Waals surface area contributed by atoms with Crippen LogP contribution in [-0.4, -0.2) is 17.6 Å². The maximum atomic E-state index is 13.5. The van der Waals surface area contributed by atoms with Gasteiger partial charge in [-0.3, -0.25) is 0 Å². The van der Waals surface area contributed by atoms with E-state index in [0.29, 0.717) is 16.9 Å². The smallest absolute Gasteiger partial charge is 0.167 e. The lowest BCUT2D eigenvalue weighted by Crippen LogP contribution is -2.28. The van der Waals surface area contributed by atoms with Crippen LogP contribution >= 0.6 is 11.6 Å². The van der Waals surface area contributed by atoms with Crippen molar-refractivity contribution >= 4 is 17.4 Å². The van der Waals surface area contributed by atoms with E-state index in [2.05, 4.69) is 11.9 Å². The number of hydrogen-bond acceptors (Lipinski definition) is 2. The second kappa shape index (κ2) is 3.73. The van der Waals surface area contributed by atoms with Crippen LogP contribution in [0, 0.1) is 5.82 Å². The molecule has 0 saturated carbocycles. The number of anilines is 1. The van der Waals surface area contributed by atoms with Crippen molar-refractivity contribution in [2.24, 2.45) is 0 Å². The van der Waals surface area contributed by atoms with E-state index in [0.717, 1.165) is 19.4 Å². The molecule has 14 heavy (non-hydrogen) atoms. The van der Waals surface area contributed by atoms with Crippen LogP contribution in [0.3, 0.4) is 0 Å². The number of rotatable bonds is 1. The van der Waals surface area contributed by atoms with Crippen molar-refractivity contribution in [2.45, 2.75) is 25.8 Å². The van der Waals surface area contributed by atoms with Gasteiger partial charge in [-0.05, 0) is 25.8 Å². The molecule has 0 spiro atoms. The van der Waals surface area contributed by atoms with Crippen LogP contribution in [0.25, 0.3) is 0 Å². The highest BCUT2D eigenvalue weighted by Gasteiger charge is 2.23. The van der Waals surface area contributed by atoms with Crippen molar-refractivity contribution in [3.05, 3.63) is 23.1 Å². The van der Waals surface area contributed by atoms with Crippen molar-refractivity contribution < 1.29 is 4.39 Å². The van der Waals surface area contributed by atoms with Crippen LogP contribution in [0.15, 0.2) is 12.3 Å². The molecular weight excluding hydrogens is 203 g/mol. The van der Waals surface area contributed by atoms with Gasteiger partial charge in [0.15, 0.2) is 11.6 Å². The molecule has 0 bridgehead atoms. The topological polar surface area (TPSA) is 16.1 Å². The number of aromatic nitrogens is 1. The second-order valence-corrected chi connectivity index (χ2v) is 4.08. The van der Waals surface area contributed by atoms with Crippen LogP contribution in [0.4, 0.5) is 10.2 Å². The second-order valence-electron chi connectivity index (χ2n) is 3.64. The Morgan fingerprint density at radius 2 is 2.43 bits per heavy atom. The lowest BCUT2D eigenvalue weighted by atomic mass is 10.2. The molecule has 1 saturated heterocycles. The molecule has 1 aliphatic heterocycles. The number of pyridine rings is 1. The third-order valence-electron chi connectivity index (χ3n) is 2.61. The molecule has 1 aromatic heterocycles. The maximum Gasteiger partial charge on any atom is 0.167 e. The zero-order valence-corrected chi connectivity index (χ0v) is 8.76. The van der Waals surface area contributed by atoms with E-state index in [4.69, 9.17) is 11.6 Å². The molecule has 2 nitrogen and oxygen atoms in total. The molecule has 2 rings (SSSR count). The summed E-state index contributed by atoms with van der Waals surface area (Å²) >= 11 is 5.64. The molecule has 1 aromatic rings. The molecule has 2 heterocycles. The van der Waals surface area contributed by atoms with Crippen molar-refractivity contribution in [1.29, 1.82) is 0 Å². The predicted octanol–water partition coefficient (Wildman–Crippen LogP) is 2.86. The van der Waals surface area contributed by atoms with Gasteiger partial charge in [-0.15, -0.1) is 0 Å². The fourth-order valence-electron chi connectivity index (χ4n) is 1.87. The highest BCUT2D eigenvalue weighted by atomic mass is 35.5. The Kier molecular flexibility index (Phi) is 2.59. The van der Waals surface area contributed by atoms with E-state index in [-0.39, 0.29) is 5.82 Å². The molecule has 0 aliphatic carbocycles. The zero-order valence-electron chi connectivity index (χ0n) is 8.00. The Balaban J connectivity index is 2.31. The molecule has 0 aromatic carbocycles. The van der Waals surface area contributed by atoms with Gasteiger partial charge < -0.3 is 4.90 Å². The van der Waals surface area contributed by atoms with Gasteiger partial charge >= 0.3 is 0 Å². The lowest BCUT2D eigenvalue weighted by molar-refractivity contribution is 0.605. The third-order valence-corrected chi connectivity index (χ3v) is 2.82. The monoisotopic (exact) mass is 214 g/mol. The standard InChI is InChI=1S/C10H12ClFN2/c1-7-3-2-4-14(7)10-9(12)5-8(11)6-13-10/h5-7H,2-4H2,1H3. The van der Waals surface area contributed by atoms with Crippen molar-refractivity contribution in [2.75, 3.05) is 11.4 Å². The van der Waals surface area contributed by atoms with E-state index < -0.39 is 0 Å². The first-order chi connectivity index (χ1) is 6.68. The average molecular weight is 215 g/mol. The highest BCUT2D eigenvalue weighted by Crippen LogP contribution is 2.26. The van der Waals surface area contributed by atoms with Gasteiger partial charge in [-0.25, -0.2) is 9.37 Å². The van der Waals surface area contributed by atoms with E-state index in [1.54, 1.807) is 0 Å². The van der Waals surface area contributed by atoms with E-state index in [1.165, 1.54) is 12.3 Å². The normalized spacial score (nSPS) is 21.6. The molecule has 1 atom stereocenters. The SMILES string of the molecule is CC1CCCN1c1ncc(Cl)cc1F. The van der Waals surface area contributed by atoms with Crippen LogP contribution in [0.5, 0.6) is 0 Å². The zero-order chi connectivity index (χ0) is 10.1. The minimum atomic E-state index is -0.328. The lowest BCUT2D eigenvalue weighted by Gasteiger charge is -2.22. The molecule has 0 radical (unpaired) electrons. The number of nitrogens with zero attached hydrogens (tertiary/aromatic N) is 2. The Morgan fingerprint density at radius 3 is 3.00 bits per heavy atom. The Labute approximate surface area is 87.7 Å². The first kappa shape index (κ1) is 9.71. The summed E-state index contributed by atoms with van der Waals surface area (Å²) in [6, 6.07) is 1.69. The molecule has 1 fully saturated rings. The largest absolute Gasteiger partial charge is 0.351 e. The van der Waals surface area contributed by atoms with Crippen molar-refractivity contribution in [3.8, 4) is 0 Å². The minimum absolute atomic E-state index is 0.328. The number of hydrogen-bond donors (Lipinski definition) is 0. The summed E-state index contributed by atoms with van der Waals surface area (Å²) in [5.41, 5.74) is 0. The molecule has 0 amide bonds. The summed E-state index contributed by atoms with van der Waals surface area (Å²) in [7, 11) is 0. The van der Waals surface area contributed by atoms with Crippen LogP contribution in [0.1, 0.15) is 19.8 Å². The first-order valence-electron chi connectivity index (χ1n) is 4.76. The quantitative estimate of drug-likeness (QED) is 0.715. The van der Waals surface area contributed by atoms with Crippen LogP contribution in [0.2, 0.25) is 5.02 Å². The third kappa shape index (κ3) is 1.69. The summed E-state index contributed by atoms with van der Waals surface area (Å²) in [5.74, 6) is 0.102. The van der Waals surface area contributed by atoms with E-state index in [9.17, 15) is 4.39 Å². The van der Waals surface area contributed by atoms with Gasteiger partial charge in [0.05, 0.1) is 5.02 Å². The summed E-state index contributed by atoms with van der Waals surface area (Å²) in [5, 5.41) is 0.345. The van der Waals surface area contributed by atoms with E-state index in [1.807, 2.05) is 4.90 Å². The summed E-state index contributed by atoms with van der Waals surface area (Å²) in [6.45, 7) is 2.97. The fourth-order valence-corrected chi connectivity index (χ4v) is 2.01. The van der Waals surface area contributed by atoms with Gasteiger partial charge in [0.1, 0.15) is 0 Å². The Hall–Kier alpha value is -0.830. The van der Waals surface area contributed by atoms with Gasteiger partial charge in [-0.2, -0.15) is 0 Å². The fraction of sp³-hybridized carbons (Fsp3) is 0.500. The van der Waals surface area contributed by atoms with Gasteiger partial charge in [-0.1, -0.05) is 11.6 Å². The molecule has 4 heteroatoms.